The predicted molar refractivity (Wildman–Crippen MR) is 97.5 cm³/mol. The molecule has 25 heavy (non-hydrogen) atoms. The summed E-state index contributed by atoms with van der Waals surface area (Å²) in [5.41, 5.74) is 2.86. The molecule has 0 spiro atoms. The van der Waals surface area contributed by atoms with Gasteiger partial charge in [-0.15, -0.1) is 0 Å². The topological polar surface area (TPSA) is 30.5 Å². The van der Waals surface area contributed by atoms with Gasteiger partial charge in [0.1, 0.15) is 12.4 Å². The number of hydrogen-bond acceptors (Lipinski definition) is 3. The fourth-order valence-electron chi connectivity index (χ4n) is 2.48. The van der Waals surface area contributed by atoms with Gasteiger partial charge in [-0.05, 0) is 41.5 Å². The molecule has 1 N–H and O–H groups in total. The van der Waals surface area contributed by atoms with Crippen LogP contribution in [-0.2, 0) is 13.2 Å². The minimum absolute atomic E-state index is 0.257. The van der Waals surface area contributed by atoms with Crippen molar-refractivity contribution in [2.45, 2.75) is 13.2 Å². The van der Waals surface area contributed by atoms with Gasteiger partial charge in [0.05, 0.1) is 7.11 Å². The summed E-state index contributed by atoms with van der Waals surface area (Å²) in [6, 6.07) is 22.2. The minimum Gasteiger partial charge on any atom is -0.493 e. The van der Waals surface area contributed by atoms with Crippen LogP contribution in [0.25, 0.3) is 0 Å². The molecule has 3 aromatic carbocycles. The molecule has 0 aliphatic carbocycles. The summed E-state index contributed by atoms with van der Waals surface area (Å²) < 4.78 is 24.5. The van der Waals surface area contributed by atoms with Gasteiger partial charge in [0.15, 0.2) is 11.5 Å². The van der Waals surface area contributed by atoms with E-state index in [9.17, 15) is 4.39 Å². The van der Waals surface area contributed by atoms with Crippen LogP contribution in [0.1, 0.15) is 11.1 Å². The molecule has 0 saturated carbocycles. The lowest BCUT2D eigenvalue weighted by molar-refractivity contribution is 0.284. The Morgan fingerprint density at radius 3 is 2.44 bits per heavy atom. The third kappa shape index (κ3) is 4.73. The first-order chi connectivity index (χ1) is 12.2. The van der Waals surface area contributed by atoms with Crippen molar-refractivity contribution in [3.63, 3.8) is 0 Å². The number of rotatable bonds is 7. The summed E-state index contributed by atoms with van der Waals surface area (Å²) in [4.78, 5) is 0. The number of methoxy groups -OCH3 is 1. The molecule has 0 fully saturated rings. The van der Waals surface area contributed by atoms with Gasteiger partial charge in [-0.3, -0.25) is 0 Å². The first-order valence-electron chi connectivity index (χ1n) is 8.07. The third-order valence-corrected chi connectivity index (χ3v) is 3.79. The predicted octanol–water partition coefficient (Wildman–Crippen LogP) is 5.03. The highest BCUT2D eigenvalue weighted by atomic mass is 19.1. The summed E-state index contributed by atoms with van der Waals surface area (Å²) in [6.07, 6.45) is 0. The van der Waals surface area contributed by atoms with Crippen LogP contribution in [0.15, 0.2) is 72.8 Å². The number of ether oxygens (including phenoxy) is 2. The van der Waals surface area contributed by atoms with Crippen molar-refractivity contribution in [1.29, 1.82) is 0 Å². The van der Waals surface area contributed by atoms with E-state index < -0.39 is 0 Å². The fraction of sp³-hybridized carbons (Fsp3) is 0.143. The quantitative estimate of drug-likeness (QED) is 0.656. The summed E-state index contributed by atoms with van der Waals surface area (Å²) in [5, 5.41) is 3.19. The molecule has 0 heterocycles. The summed E-state index contributed by atoms with van der Waals surface area (Å²) in [5.74, 6) is 1.11. The molecule has 0 bridgehead atoms. The Morgan fingerprint density at radius 2 is 1.68 bits per heavy atom. The van der Waals surface area contributed by atoms with E-state index in [1.165, 1.54) is 12.1 Å². The van der Waals surface area contributed by atoms with Crippen LogP contribution >= 0.6 is 0 Å². The molecule has 0 unspecified atom stereocenters. The highest BCUT2D eigenvalue weighted by Crippen LogP contribution is 2.29. The third-order valence-electron chi connectivity index (χ3n) is 3.79. The highest BCUT2D eigenvalue weighted by molar-refractivity contribution is 5.47. The number of benzene rings is 3. The van der Waals surface area contributed by atoms with Crippen LogP contribution in [0.3, 0.4) is 0 Å². The van der Waals surface area contributed by atoms with Gasteiger partial charge in [-0.1, -0.05) is 42.5 Å². The smallest absolute Gasteiger partial charge is 0.161 e. The fourth-order valence-corrected chi connectivity index (χ4v) is 2.48. The van der Waals surface area contributed by atoms with Gasteiger partial charge in [0.25, 0.3) is 0 Å². The average molecular weight is 337 g/mol. The molecule has 0 atom stereocenters. The molecule has 3 nitrogen and oxygen atoms in total. The number of anilines is 1. The van der Waals surface area contributed by atoms with Crippen molar-refractivity contribution >= 4 is 5.69 Å². The van der Waals surface area contributed by atoms with Crippen LogP contribution in [0.4, 0.5) is 10.1 Å². The largest absolute Gasteiger partial charge is 0.493 e. The zero-order valence-corrected chi connectivity index (χ0v) is 14.0. The van der Waals surface area contributed by atoms with Crippen LogP contribution < -0.4 is 14.8 Å². The number of halogens is 1. The summed E-state index contributed by atoms with van der Waals surface area (Å²) >= 11 is 0. The zero-order valence-electron chi connectivity index (χ0n) is 14.0. The maximum Gasteiger partial charge on any atom is 0.161 e. The Hall–Kier alpha value is -3.01. The molecule has 4 heteroatoms. The highest BCUT2D eigenvalue weighted by Gasteiger charge is 2.06. The van der Waals surface area contributed by atoms with E-state index in [2.05, 4.69) is 5.32 Å². The van der Waals surface area contributed by atoms with Gasteiger partial charge >= 0.3 is 0 Å². The molecule has 3 rings (SSSR count). The van der Waals surface area contributed by atoms with Crippen molar-refractivity contribution in [3.8, 4) is 11.5 Å². The summed E-state index contributed by atoms with van der Waals surface area (Å²) in [7, 11) is 1.62. The molecule has 0 amide bonds. The van der Waals surface area contributed by atoms with E-state index in [4.69, 9.17) is 9.47 Å². The van der Waals surface area contributed by atoms with E-state index in [1.807, 2.05) is 54.6 Å². The lowest BCUT2D eigenvalue weighted by Crippen LogP contribution is -2.02. The lowest BCUT2D eigenvalue weighted by Gasteiger charge is -2.13. The van der Waals surface area contributed by atoms with Crippen LogP contribution in [-0.4, -0.2) is 7.11 Å². The van der Waals surface area contributed by atoms with Crippen LogP contribution in [0, 0.1) is 5.82 Å². The first kappa shape index (κ1) is 16.8. The Morgan fingerprint density at radius 1 is 0.840 bits per heavy atom. The molecule has 0 saturated heterocycles. The van der Waals surface area contributed by atoms with Crippen molar-refractivity contribution in [3.05, 3.63) is 89.7 Å². The van der Waals surface area contributed by atoms with E-state index in [1.54, 1.807) is 13.2 Å². The van der Waals surface area contributed by atoms with Crippen molar-refractivity contribution < 1.29 is 13.9 Å². The maximum absolute atomic E-state index is 13.2. The number of hydrogen-bond donors (Lipinski definition) is 1. The monoisotopic (exact) mass is 337 g/mol. The SMILES string of the molecule is COc1cc(CNc2cccc(F)c2)ccc1OCc1ccccc1. The molecule has 3 aromatic rings. The second kappa shape index (κ2) is 8.20. The molecular formula is C21H20FNO2. The van der Waals surface area contributed by atoms with E-state index in [0.29, 0.717) is 24.7 Å². The molecule has 0 radical (unpaired) electrons. The first-order valence-corrected chi connectivity index (χ1v) is 8.07. The van der Waals surface area contributed by atoms with E-state index in [0.717, 1.165) is 16.8 Å². The lowest BCUT2D eigenvalue weighted by atomic mass is 10.2. The van der Waals surface area contributed by atoms with Crippen LogP contribution in [0.5, 0.6) is 11.5 Å². The Labute approximate surface area is 147 Å². The van der Waals surface area contributed by atoms with Gasteiger partial charge in [0, 0.05) is 12.2 Å². The van der Waals surface area contributed by atoms with E-state index >= 15 is 0 Å². The Bertz CT molecular complexity index is 821. The second-order valence-corrected chi connectivity index (χ2v) is 5.62. The van der Waals surface area contributed by atoms with Gasteiger partial charge in [-0.25, -0.2) is 4.39 Å². The average Bonchev–Trinajstić information content (AvgIpc) is 2.66. The summed E-state index contributed by atoms with van der Waals surface area (Å²) in [6.45, 7) is 1.05. The normalized spacial score (nSPS) is 10.3. The zero-order chi connectivity index (χ0) is 17.5. The molecule has 128 valence electrons. The molecular weight excluding hydrogens is 317 g/mol. The van der Waals surface area contributed by atoms with Gasteiger partial charge in [-0.2, -0.15) is 0 Å². The van der Waals surface area contributed by atoms with Crippen molar-refractivity contribution in [2.24, 2.45) is 0 Å². The van der Waals surface area contributed by atoms with Gasteiger partial charge in [0.2, 0.25) is 0 Å². The standard InChI is InChI=1S/C21H20FNO2/c1-24-21-12-17(14-23-19-9-5-8-18(22)13-19)10-11-20(21)25-15-16-6-3-2-4-7-16/h2-13,23H,14-15H2,1H3. The van der Waals surface area contributed by atoms with Crippen molar-refractivity contribution in [1.82, 2.24) is 0 Å². The molecule has 0 aromatic heterocycles. The van der Waals surface area contributed by atoms with Gasteiger partial charge < -0.3 is 14.8 Å². The van der Waals surface area contributed by atoms with Crippen LogP contribution in [0.2, 0.25) is 0 Å². The Balaban J connectivity index is 1.64. The van der Waals surface area contributed by atoms with Crippen molar-refractivity contribution in [2.75, 3.05) is 12.4 Å². The minimum atomic E-state index is -0.257. The Kier molecular flexibility index (Phi) is 5.52. The van der Waals surface area contributed by atoms with E-state index in [-0.39, 0.29) is 5.82 Å². The molecule has 0 aliphatic rings. The number of nitrogens with one attached hydrogen (secondary N) is 1. The second-order valence-electron chi connectivity index (χ2n) is 5.62. The molecule has 0 aliphatic heterocycles. The maximum atomic E-state index is 13.2.